The molecule has 0 saturated carbocycles. The van der Waals surface area contributed by atoms with E-state index in [9.17, 15) is 0 Å². The summed E-state index contributed by atoms with van der Waals surface area (Å²) in [6.07, 6.45) is 3.79. The summed E-state index contributed by atoms with van der Waals surface area (Å²) in [4.78, 5) is 2.49. The van der Waals surface area contributed by atoms with E-state index in [0.717, 1.165) is 33.9 Å². The predicted molar refractivity (Wildman–Crippen MR) is 94.3 cm³/mol. The minimum Gasteiger partial charge on any atom is -0.451 e. The molecular weight excluding hydrogens is 396 g/mol. The molecule has 0 amide bonds. The fourth-order valence-electron chi connectivity index (χ4n) is 3.27. The molecule has 3 nitrogen and oxygen atoms in total. The number of halogens is 2. The molecule has 2 atom stereocenters. The van der Waals surface area contributed by atoms with Gasteiger partial charge in [0.2, 0.25) is 0 Å². The maximum atomic E-state index is 6.03. The van der Waals surface area contributed by atoms with Gasteiger partial charge in [-0.2, -0.15) is 0 Å². The Hall–Kier alpha value is 0.160. The smallest absolute Gasteiger partial charge is 0.183 e. The van der Waals surface area contributed by atoms with Gasteiger partial charge in [-0.25, -0.2) is 0 Å². The summed E-state index contributed by atoms with van der Waals surface area (Å²) in [5.74, 6) is 1.74. The molecule has 2 rings (SSSR count). The Balaban J connectivity index is 2.09. The van der Waals surface area contributed by atoms with E-state index in [1.54, 1.807) is 0 Å². The van der Waals surface area contributed by atoms with Crippen LogP contribution in [0, 0.1) is 11.3 Å². The monoisotopic (exact) mass is 420 g/mol. The van der Waals surface area contributed by atoms with Crippen molar-refractivity contribution in [2.24, 2.45) is 17.1 Å². The molecule has 0 aliphatic carbocycles. The van der Waals surface area contributed by atoms with Gasteiger partial charge in [-0.1, -0.05) is 20.8 Å². The zero-order valence-corrected chi connectivity index (χ0v) is 16.3. The van der Waals surface area contributed by atoms with Gasteiger partial charge in [-0.3, -0.25) is 4.90 Å². The van der Waals surface area contributed by atoms with E-state index in [2.05, 4.69) is 57.5 Å². The van der Waals surface area contributed by atoms with Crippen LogP contribution in [0.3, 0.4) is 0 Å². The lowest BCUT2D eigenvalue weighted by atomic mass is 9.77. The minimum absolute atomic E-state index is 0.173. The molecule has 0 radical (unpaired) electrons. The van der Waals surface area contributed by atoms with E-state index in [-0.39, 0.29) is 6.04 Å². The fraction of sp³-hybridized carbons (Fsp3) is 0.750. The lowest BCUT2D eigenvalue weighted by Crippen LogP contribution is -2.34. The van der Waals surface area contributed by atoms with Crippen molar-refractivity contribution in [1.29, 1.82) is 0 Å². The molecule has 0 aromatic carbocycles. The molecule has 2 unspecified atom stereocenters. The molecule has 1 aromatic rings. The molecule has 2 heterocycles. The predicted octanol–water partition coefficient (Wildman–Crippen LogP) is 4.95. The highest BCUT2D eigenvalue weighted by atomic mass is 79.9. The first kappa shape index (κ1) is 17.5. The van der Waals surface area contributed by atoms with Gasteiger partial charge in [0.25, 0.3) is 0 Å². The lowest BCUT2D eigenvalue weighted by molar-refractivity contribution is 0.169. The van der Waals surface area contributed by atoms with Crippen molar-refractivity contribution in [2.75, 3.05) is 19.6 Å². The number of nitrogens with two attached hydrogens (primary N) is 1. The van der Waals surface area contributed by atoms with Gasteiger partial charge in [-0.05, 0) is 81.6 Å². The first-order chi connectivity index (χ1) is 9.82. The number of likely N-dealkylation sites (tertiary alicyclic amines) is 1. The maximum absolute atomic E-state index is 6.03. The standard InChI is InChI=1S/C16H26Br2N2O/c1-16(2,3)11-5-4-7-20(8-6-11)13(10-19)14-9-12(17)15(18)21-14/h9,11,13H,4-8,10,19H2,1-3H3. The van der Waals surface area contributed by atoms with Crippen LogP contribution in [0.4, 0.5) is 0 Å². The summed E-state index contributed by atoms with van der Waals surface area (Å²) in [5.41, 5.74) is 6.43. The Kier molecular flexibility index (Phi) is 5.97. The number of nitrogens with zero attached hydrogens (tertiary/aromatic N) is 1. The summed E-state index contributed by atoms with van der Waals surface area (Å²) < 4.78 is 7.51. The van der Waals surface area contributed by atoms with Crippen LogP contribution in [-0.4, -0.2) is 24.5 Å². The van der Waals surface area contributed by atoms with Crippen LogP contribution in [-0.2, 0) is 0 Å². The normalized spacial score (nSPS) is 23.0. The second-order valence-electron chi connectivity index (χ2n) is 7.05. The fourth-order valence-corrected chi connectivity index (χ4v) is 3.88. The quantitative estimate of drug-likeness (QED) is 0.750. The van der Waals surface area contributed by atoms with Crippen LogP contribution < -0.4 is 5.73 Å². The largest absolute Gasteiger partial charge is 0.451 e. The molecule has 1 aromatic heterocycles. The number of hydrogen-bond acceptors (Lipinski definition) is 3. The number of furan rings is 1. The van der Waals surface area contributed by atoms with Crippen molar-refractivity contribution in [3.8, 4) is 0 Å². The second kappa shape index (κ2) is 7.16. The van der Waals surface area contributed by atoms with Crippen molar-refractivity contribution in [2.45, 2.75) is 46.1 Å². The van der Waals surface area contributed by atoms with E-state index in [4.69, 9.17) is 10.2 Å². The van der Waals surface area contributed by atoms with E-state index >= 15 is 0 Å². The molecule has 21 heavy (non-hydrogen) atoms. The highest BCUT2D eigenvalue weighted by Crippen LogP contribution is 2.37. The van der Waals surface area contributed by atoms with Gasteiger partial charge in [-0.15, -0.1) is 0 Å². The Morgan fingerprint density at radius 2 is 2.05 bits per heavy atom. The van der Waals surface area contributed by atoms with E-state index in [1.807, 2.05) is 6.07 Å². The molecular formula is C16H26Br2N2O. The van der Waals surface area contributed by atoms with E-state index < -0.39 is 0 Å². The van der Waals surface area contributed by atoms with Crippen LogP contribution in [0.15, 0.2) is 19.6 Å². The zero-order valence-electron chi connectivity index (χ0n) is 13.2. The first-order valence-electron chi connectivity index (χ1n) is 7.71. The summed E-state index contributed by atoms with van der Waals surface area (Å²) >= 11 is 6.90. The zero-order chi connectivity index (χ0) is 15.6. The molecule has 2 N–H and O–H groups in total. The average molecular weight is 422 g/mol. The van der Waals surface area contributed by atoms with Gasteiger partial charge < -0.3 is 10.2 Å². The lowest BCUT2D eigenvalue weighted by Gasteiger charge is -2.31. The SMILES string of the molecule is CC(C)(C)C1CCCN(C(CN)c2cc(Br)c(Br)o2)CC1. The van der Waals surface area contributed by atoms with Crippen LogP contribution in [0.25, 0.3) is 0 Å². The first-order valence-corrected chi connectivity index (χ1v) is 9.30. The molecule has 0 spiro atoms. The summed E-state index contributed by atoms with van der Waals surface area (Å²) in [7, 11) is 0. The Labute approximate surface area is 144 Å². The van der Waals surface area contributed by atoms with Gasteiger partial charge in [0.1, 0.15) is 5.76 Å². The molecule has 1 saturated heterocycles. The maximum Gasteiger partial charge on any atom is 0.183 e. The second-order valence-corrected chi connectivity index (χ2v) is 8.63. The Bertz CT molecular complexity index is 448. The summed E-state index contributed by atoms with van der Waals surface area (Å²) in [5, 5.41) is 0. The topological polar surface area (TPSA) is 42.4 Å². The van der Waals surface area contributed by atoms with Gasteiger partial charge in [0.05, 0.1) is 10.5 Å². The number of rotatable bonds is 3. The molecule has 1 fully saturated rings. The third-order valence-corrected chi connectivity index (χ3v) is 6.35. The van der Waals surface area contributed by atoms with Crippen molar-refractivity contribution in [3.63, 3.8) is 0 Å². The molecule has 0 bridgehead atoms. The summed E-state index contributed by atoms with van der Waals surface area (Å²) in [6.45, 7) is 9.86. The Morgan fingerprint density at radius 1 is 1.33 bits per heavy atom. The highest BCUT2D eigenvalue weighted by molar-refractivity contribution is 9.13. The molecule has 1 aliphatic heterocycles. The molecule has 1 aliphatic rings. The minimum atomic E-state index is 0.173. The van der Waals surface area contributed by atoms with Gasteiger partial charge in [0, 0.05) is 6.54 Å². The van der Waals surface area contributed by atoms with Crippen LogP contribution in [0.2, 0.25) is 0 Å². The van der Waals surface area contributed by atoms with Crippen molar-refractivity contribution in [1.82, 2.24) is 4.90 Å². The van der Waals surface area contributed by atoms with Crippen LogP contribution in [0.5, 0.6) is 0 Å². The Morgan fingerprint density at radius 3 is 2.57 bits per heavy atom. The third kappa shape index (κ3) is 4.34. The van der Waals surface area contributed by atoms with Crippen LogP contribution >= 0.6 is 31.9 Å². The van der Waals surface area contributed by atoms with Crippen molar-refractivity contribution < 1.29 is 4.42 Å². The molecule has 5 heteroatoms. The van der Waals surface area contributed by atoms with Crippen molar-refractivity contribution in [3.05, 3.63) is 21.0 Å². The average Bonchev–Trinajstić information content (AvgIpc) is 2.63. The summed E-state index contributed by atoms with van der Waals surface area (Å²) in [6, 6.07) is 2.21. The van der Waals surface area contributed by atoms with Gasteiger partial charge >= 0.3 is 0 Å². The van der Waals surface area contributed by atoms with Crippen molar-refractivity contribution >= 4 is 31.9 Å². The van der Waals surface area contributed by atoms with E-state index in [0.29, 0.717) is 12.0 Å². The molecule has 120 valence electrons. The van der Waals surface area contributed by atoms with Gasteiger partial charge in [0.15, 0.2) is 4.67 Å². The van der Waals surface area contributed by atoms with E-state index in [1.165, 1.54) is 19.3 Å². The third-order valence-electron chi connectivity index (χ3n) is 4.64. The number of hydrogen-bond donors (Lipinski definition) is 1. The van der Waals surface area contributed by atoms with Crippen LogP contribution in [0.1, 0.15) is 51.8 Å². The highest BCUT2D eigenvalue weighted by Gasteiger charge is 2.30.